The normalized spacial score (nSPS) is 22.8. The fourth-order valence-electron chi connectivity index (χ4n) is 2.11. The Morgan fingerprint density at radius 1 is 1.26 bits per heavy atom. The Balaban J connectivity index is 1.72. The molecule has 3 N–H and O–H groups in total. The lowest BCUT2D eigenvalue weighted by Crippen LogP contribution is -2.27. The quantitative estimate of drug-likeness (QED) is 0.849. The molecule has 100 valence electrons. The van der Waals surface area contributed by atoms with Crippen molar-refractivity contribution in [1.82, 2.24) is 10.1 Å². The maximum atomic E-state index is 9.22. The van der Waals surface area contributed by atoms with Crippen LogP contribution < -0.4 is 5.73 Å². The van der Waals surface area contributed by atoms with Gasteiger partial charge in [0.05, 0.1) is 19.1 Å². The topological polar surface area (TPSA) is 94.4 Å². The maximum absolute atomic E-state index is 9.22. The predicted octanol–water partition coefficient (Wildman–Crippen LogP) is 0.807. The van der Waals surface area contributed by atoms with Crippen LogP contribution in [0.15, 0.2) is 28.8 Å². The van der Waals surface area contributed by atoms with Crippen molar-refractivity contribution in [3.8, 4) is 5.75 Å². The third-order valence-electron chi connectivity index (χ3n) is 3.22. The lowest BCUT2D eigenvalue weighted by Gasteiger charge is -2.06. The molecule has 0 saturated carbocycles. The summed E-state index contributed by atoms with van der Waals surface area (Å²) in [6.45, 7) is 1.06. The van der Waals surface area contributed by atoms with Crippen molar-refractivity contribution in [2.45, 2.75) is 18.4 Å². The highest BCUT2D eigenvalue weighted by atomic mass is 16.5. The number of ether oxygens (including phenoxy) is 1. The number of hydrogen-bond acceptors (Lipinski definition) is 6. The molecule has 3 rings (SSSR count). The van der Waals surface area contributed by atoms with E-state index < -0.39 is 0 Å². The molecule has 0 radical (unpaired) electrons. The highest BCUT2D eigenvalue weighted by Gasteiger charge is 2.31. The first kappa shape index (κ1) is 12.1. The number of benzene rings is 1. The average Bonchev–Trinajstić information content (AvgIpc) is 3.01. The number of aromatic nitrogens is 2. The molecule has 2 heterocycles. The van der Waals surface area contributed by atoms with Gasteiger partial charge >= 0.3 is 0 Å². The molecule has 1 aliphatic rings. The van der Waals surface area contributed by atoms with E-state index in [1.807, 2.05) is 12.1 Å². The van der Waals surface area contributed by atoms with E-state index in [2.05, 4.69) is 10.1 Å². The van der Waals surface area contributed by atoms with Gasteiger partial charge in [0.1, 0.15) is 5.75 Å². The van der Waals surface area contributed by atoms with Crippen LogP contribution in [0.3, 0.4) is 0 Å². The van der Waals surface area contributed by atoms with E-state index in [9.17, 15) is 5.11 Å². The Morgan fingerprint density at radius 3 is 2.74 bits per heavy atom. The van der Waals surface area contributed by atoms with Gasteiger partial charge in [-0.15, -0.1) is 0 Å². The summed E-state index contributed by atoms with van der Waals surface area (Å²) in [7, 11) is 0. The van der Waals surface area contributed by atoms with Crippen molar-refractivity contribution in [2.24, 2.45) is 5.73 Å². The van der Waals surface area contributed by atoms with Crippen LogP contribution in [-0.4, -0.2) is 34.5 Å². The second kappa shape index (κ2) is 4.99. The summed E-state index contributed by atoms with van der Waals surface area (Å²) in [5.74, 6) is 1.38. The van der Waals surface area contributed by atoms with Crippen molar-refractivity contribution in [3.05, 3.63) is 41.5 Å². The highest BCUT2D eigenvalue weighted by molar-refractivity contribution is 5.27. The van der Waals surface area contributed by atoms with Gasteiger partial charge in [0.15, 0.2) is 5.82 Å². The molecule has 1 fully saturated rings. The zero-order valence-electron chi connectivity index (χ0n) is 10.3. The van der Waals surface area contributed by atoms with Gasteiger partial charge in [-0.25, -0.2) is 0 Å². The van der Waals surface area contributed by atoms with Crippen LogP contribution in [0.5, 0.6) is 5.75 Å². The molecule has 0 bridgehead atoms. The van der Waals surface area contributed by atoms with E-state index >= 15 is 0 Å². The summed E-state index contributed by atoms with van der Waals surface area (Å²) < 4.78 is 10.5. The minimum Gasteiger partial charge on any atom is -0.508 e. The zero-order valence-corrected chi connectivity index (χ0v) is 10.3. The highest BCUT2D eigenvalue weighted by Crippen LogP contribution is 2.23. The molecule has 1 aromatic heterocycles. The standard InChI is InChI=1S/C13H15N3O3/c14-11-7-18-6-10(11)13-15-12(16-19-13)5-8-1-3-9(17)4-2-8/h1-4,10-11,17H,5-7,14H2. The average molecular weight is 261 g/mol. The second-order valence-corrected chi connectivity index (χ2v) is 4.70. The Bertz CT molecular complexity index is 553. The molecule has 0 spiro atoms. The molecule has 6 heteroatoms. The number of rotatable bonds is 3. The third kappa shape index (κ3) is 2.59. The van der Waals surface area contributed by atoms with Gasteiger partial charge in [-0.2, -0.15) is 4.98 Å². The van der Waals surface area contributed by atoms with Crippen molar-refractivity contribution in [2.75, 3.05) is 13.2 Å². The van der Waals surface area contributed by atoms with Crippen LogP contribution in [0, 0.1) is 0 Å². The summed E-state index contributed by atoms with van der Waals surface area (Å²) >= 11 is 0. The van der Waals surface area contributed by atoms with Crippen molar-refractivity contribution in [1.29, 1.82) is 0 Å². The predicted molar refractivity (Wildman–Crippen MR) is 66.7 cm³/mol. The molecule has 19 heavy (non-hydrogen) atoms. The fraction of sp³-hybridized carbons (Fsp3) is 0.385. The molecule has 0 amide bonds. The van der Waals surface area contributed by atoms with E-state index in [4.69, 9.17) is 15.0 Å². The van der Waals surface area contributed by atoms with E-state index in [1.165, 1.54) is 0 Å². The van der Waals surface area contributed by atoms with Crippen LogP contribution >= 0.6 is 0 Å². The van der Waals surface area contributed by atoms with E-state index in [0.29, 0.717) is 31.3 Å². The largest absolute Gasteiger partial charge is 0.508 e. The molecule has 1 aromatic carbocycles. The van der Waals surface area contributed by atoms with Crippen LogP contribution in [0.4, 0.5) is 0 Å². The van der Waals surface area contributed by atoms with Gasteiger partial charge in [-0.3, -0.25) is 0 Å². The molecule has 0 aliphatic carbocycles. The van der Waals surface area contributed by atoms with Crippen LogP contribution in [0.1, 0.15) is 23.2 Å². The Hall–Kier alpha value is -1.92. The zero-order chi connectivity index (χ0) is 13.2. The van der Waals surface area contributed by atoms with Crippen molar-refractivity contribution in [3.63, 3.8) is 0 Å². The molecule has 1 aliphatic heterocycles. The summed E-state index contributed by atoms with van der Waals surface area (Å²) in [6.07, 6.45) is 0.562. The fourth-order valence-corrected chi connectivity index (χ4v) is 2.11. The van der Waals surface area contributed by atoms with Gasteiger partial charge < -0.3 is 20.1 Å². The lowest BCUT2D eigenvalue weighted by atomic mass is 10.1. The summed E-state index contributed by atoms with van der Waals surface area (Å²) in [5.41, 5.74) is 6.92. The number of aromatic hydroxyl groups is 1. The van der Waals surface area contributed by atoms with E-state index in [1.54, 1.807) is 12.1 Å². The van der Waals surface area contributed by atoms with E-state index in [-0.39, 0.29) is 17.7 Å². The first-order chi connectivity index (χ1) is 9.22. The number of nitrogens with zero attached hydrogens (tertiary/aromatic N) is 2. The number of phenols is 1. The maximum Gasteiger partial charge on any atom is 0.233 e. The molecule has 2 unspecified atom stereocenters. The molecule has 2 atom stereocenters. The van der Waals surface area contributed by atoms with Crippen LogP contribution in [0.2, 0.25) is 0 Å². The van der Waals surface area contributed by atoms with Gasteiger partial charge in [0.2, 0.25) is 5.89 Å². The molecular weight excluding hydrogens is 246 g/mol. The summed E-state index contributed by atoms with van der Waals surface area (Å²) in [4.78, 5) is 4.36. The van der Waals surface area contributed by atoms with Gasteiger partial charge in [0, 0.05) is 12.5 Å². The molecule has 2 aromatic rings. The first-order valence-corrected chi connectivity index (χ1v) is 6.16. The number of nitrogens with two attached hydrogens (primary N) is 1. The summed E-state index contributed by atoms with van der Waals surface area (Å²) in [5, 5.41) is 13.2. The van der Waals surface area contributed by atoms with Gasteiger partial charge in [-0.1, -0.05) is 17.3 Å². The Kier molecular flexibility index (Phi) is 3.18. The molecular formula is C13H15N3O3. The second-order valence-electron chi connectivity index (χ2n) is 4.70. The van der Waals surface area contributed by atoms with Crippen LogP contribution in [0.25, 0.3) is 0 Å². The summed E-state index contributed by atoms with van der Waals surface area (Å²) in [6, 6.07) is 6.85. The number of phenolic OH excluding ortho intramolecular Hbond substituents is 1. The third-order valence-corrected chi connectivity index (χ3v) is 3.22. The van der Waals surface area contributed by atoms with Crippen LogP contribution in [-0.2, 0) is 11.2 Å². The van der Waals surface area contributed by atoms with Gasteiger partial charge in [-0.05, 0) is 17.7 Å². The number of hydrogen-bond donors (Lipinski definition) is 2. The monoisotopic (exact) mass is 261 g/mol. The lowest BCUT2D eigenvalue weighted by molar-refractivity contribution is 0.187. The Morgan fingerprint density at radius 2 is 2.05 bits per heavy atom. The molecule has 6 nitrogen and oxygen atoms in total. The van der Waals surface area contributed by atoms with E-state index in [0.717, 1.165) is 5.56 Å². The SMILES string of the molecule is NC1COCC1c1nc(Cc2ccc(O)cc2)no1. The van der Waals surface area contributed by atoms with Gasteiger partial charge in [0.25, 0.3) is 0 Å². The smallest absolute Gasteiger partial charge is 0.233 e. The minimum atomic E-state index is -0.0815. The molecule has 1 saturated heterocycles. The first-order valence-electron chi connectivity index (χ1n) is 6.16. The van der Waals surface area contributed by atoms with Crippen molar-refractivity contribution >= 4 is 0 Å². The Labute approximate surface area is 110 Å². The van der Waals surface area contributed by atoms with Crippen molar-refractivity contribution < 1.29 is 14.4 Å². The minimum absolute atomic E-state index is 0.0129.